The van der Waals surface area contributed by atoms with Gasteiger partial charge in [-0.2, -0.15) is 0 Å². The van der Waals surface area contributed by atoms with Gasteiger partial charge >= 0.3 is 5.69 Å². The molecule has 0 aliphatic rings. The van der Waals surface area contributed by atoms with Crippen molar-refractivity contribution >= 4 is 291 Å². The number of nitrogens with zero attached hydrogens (tertiary/aromatic N) is 3. The molecule has 5 aromatic carbocycles. The van der Waals surface area contributed by atoms with Crippen molar-refractivity contribution in [2.45, 2.75) is 75.9 Å². The molecule has 0 aliphatic carbocycles. The second-order valence-electron chi connectivity index (χ2n) is 24.3. The summed E-state index contributed by atoms with van der Waals surface area (Å²) in [6.07, 6.45) is 2.67. The first-order chi connectivity index (χ1) is 52.9. The summed E-state index contributed by atoms with van der Waals surface area (Å²) in [6, 6.07) is 13.2. The van der Waals surface area contributed by atoms with E-state index in [-0.39, 0.29) is 110 Å². The molecule has 6 rings (SSSR count). The van der Waals surface area contributed by atoms with E-state index in [4.69, 9.17) is 49.2 Å². The molecule has 0 fully saturated rings. The van der Waals surface area contributed by atoms with Crippen molar-refractivity contribution in [1.82, 2.24) is 68.8 Å². The molecule has 0 unspecified atom stereocenters. The highest BCUT2D eigenvalue weighted by Gasteiger charge is 2.28. The molecule has 0 radical (unpaired) electrons. The SMILES string of the molecule is N=C(N)NCCNc1c(I)cc(C(=O)NCCCC[C@H](NC(=O)c2cc(I)c(NCCNC(=N)N)c(I)c2)C(=O)NCCCC[C@H](NC(=O)c2cc(I)c(NCCNC(=N)N)c(I)c2)C(=O)NCCCC[C@H](NC(=O)c2cc(I)c(NCCNC(=N)N)c(I)c2)C(=O)NCCNc2ccc([N+](=O)[O-])c3nonc23)cc1I. The van der Waals surface area contributed by atoms with Crippen LogP contribution < -0.4 is 108 Å². The number of nitro groups is 1. The Labute approximate surface area is 747 Å². The molecular weight excluding hydrogens is 2350 g/mol. The predicted octanol–water partition coefficient (Wildman–Crippen LogP) is 5.64. The van der Waals surface area contributed by atoms with Crippen molar-refractivity contribution in [2.75, 3.05) is 112 Å². The zero-order chi connectivity index (χ0) is 81.3. The fourth-order valence-corrected chi connectivity index (χ4v) is 19.2. The van der Waals surface area contributed by atoms with Crippen LogP contribution in [-0.2, 0) is 14.4 Å². The maximum Gasteiger partial charge on any atom is 0.300 e. The van der Waals surface area contributed by atoms with Crippen LogP contribution in [0.4, 0.5) is 34.1 Å². The predicted molar refractivity (Wildman–Crippen MR) is 495 cm³/mol. The Hall–Kier alpha value is -6.89. The Balaban J connectivity index is 1.13. The average Bonchev–Trinajstić information content (AvgIpc) is 1.78. The number of hydrogen-bond donors (Lipinski definition) is 24. The quantitative estimate of drug-likeness (QED) is 0.00548. The number of unbranched alkanes of at least 4 members (excludes halogenated alkanes) is 3. The Bertz CT molecular complexity index is 4260. The number of benzene rings is 5. The summed E-state index contributed by atoms with van der Waals surface area (Å²) in [6.45, 7) is 4.01. The van der Waals surface area contributed by atoms with Gasteiger partial charge in [0.25, 0.3) is 23.6 Å². The minimum atomic E-state index is -1.08. The van der Waals surface area contributed by atoms with Crippen LogP contribution in [0.25, 0.3) is 11.0 Å². The topological polar surface area (TPSA) is 594 Å². The van der Waals surface area contributed by atoms with E-state index in [0.29, 0.717) is 122 Å². The van der Waals surface area contributed by atoms with Crippen molar-refractivity contribution in [3.63, 3.8) is 0 Å². The lowest BCUT2D eigenvalue weighted by molar-refractivity contribution is -0.383. The van der Waals surface area contributed by atoms with Crippen LogP contribution in [0, 0.1) is 60.3 Å². The monoisotopic (exact) mass is 2430 g/mol. The number of aromatic nitrogens is 2. The third-order valence-corrected chi connectivity index (χ3v) is 22.8. The number of carbonyl (C=O) groups is 7. The zero-order valence-corrected chi connectivity index (χ0v) is 76.6. The van der Waals surface area contributed by atoms with Gasteiger partial charge in [-0.25, -0.2) is 4.63 Å². The molecule has 111 heavy (non-hydrogen) atoms. The number of guanidine groups is 4. The largest absolute Gasteiger partial charge is 0.382 e. The standard InChI is InChI=1S/C66H85I8N27O10/c67-37-25-33(26-38(68)50(37)84-16-21-92-63(75)76)56(102)88-12-4-1-7-46(96-57(103)34-27-39(69)51(40(70)28-34)85-17-22-93-64(77)78)60(106)89-13-5-2-8-47(97-58(104)35-29-41(71)52(42(72)30-35)86-18-23-94-65(79)80)61(107)90-14-6-3-9-48(98-59(105)36-31-43(73)53(44(74)32-36)87-19-24-95-66(81)82)62(108)91-20-15-83-45-10-11-49(101(109)110)55-54(45)99-111-100-55/h10-11,25-32,46-48,83-87H,1-9,12-24H2,(H,88,102)(H,89,106)(H,90,107)(H,91,108)(H,96,103)(H,97,104)(H,98,105)(H4,75,76,92)(H4,77,78,93)(H4,79,80,94)(H4,81,82,95)/t46-,47-,48-/m0/s1. The lowest BCUT2D eigenvalue weighted by Gasteiger charge is -2.21. The number of rotatable bonds is 46. The van der Waals surface area contributed by atoms with Gasteiger partial charge in [0, 0.05) is 142 Å². The van der Waals surface area contributed by atoms with Crippen LogP contribution in [0.1, 0.15) is 99.2 Å². The van der Waals surface area contributed by atoms with Gasteiger partial charge in [0.2, 0.25) is 23.2 Å². The number of fused-ring (bicyclic) bond motifs is 1. The average molecular weight is 2430 g/mol. The third-order valence-electron chi connectivity index (χ3n) is 16.0. The van der Waals surface area contributed by atoms with E-state index in [1.807, 2.05) is 0 Å². The van der Waals surface area contributed by atoms with Crippen LogP contribution in [0.3, 0.4) is 0 Å². The molecule has 37 nitrogen and oxygen atoms in total. The molecule has 1 aromatic heterocycles. The van der Waals surface area contributed by atoms with E-state index in [9.17, 15) is 43.7 Å². The first kappa shape index (κ1) is 93.0. The number of halogens is 8. The van der Waals surface area contributed by atoms with Gasteiger partial charge in [-0.1, -0.05) is 0 Å². The van der Waals surface area contributed by atoms with E-state index in [0.717, 1.165) is 37.0 Å². The number of non-ortho nitro benzene ring substituents is 1. The van der Waals surface area contributed by atoms with E-state index < -0.39 is 58.5 Å². The highest BCUT2D eigenvalue weighted by Crippen LogP contribution is 2.32. The van der Waals surface area contributed by atoms with E-state index >= 15 is 0 Å². The molecule has 3 atom stereocenters. The lowest BCUT2D eigenvalue weighted by Crippen LogP contribution is -2.48. The van der Waals surface area contributed by atoms with Gasteiger partial charge in [0.05, 0.1) is 33.4 Å². The first-order valence-corrected chi connectivity index (χ1v) is 43.0. The number of nitrogens with one attached hydrogen (secondary N) is 20. The fourth-order valence-electron chi connectivity index (χ4n) is 10.6. The van der Waals surface area contributed by atoms with Gasteiger partial charge < -0.3 is 108 Å². The number of amides is 7. The molecule has 45 heteroatoms. The van der Waals surface area contributed by atoms with Crippen molar-refractivity contribution < 1.29 is 43.1 Å². The zero-order valence-electron chi connectivity index (χ0n) is 59.3. The van der Waals surface area contributed by atoms with Crippen molar-refractivity contribution in [2.24, 2.45) is 22.9 Å². The smallest absolute Gasteiger partial charge is 0.300 e. The van der Waals surface area contributed by atoms with Gasteiger partial charge in [-0.3, -0.25) is 65.3 Å². The molecule has 28 N–H and O–H groups in total. The molecule has 600 valence electrons. The summed E-state index contributed by atoms with van der Waals surface area (Å²) >= 11 is 17.0. The number of nitro benzene ring substituents is 1. The highest BCUT2D eigenvalue weighted by molar-refractivity contribution is 14.1. The second-order valence-corrected chi connectivity index (χ2v) is 33.6. The molecule has 0 saturated heterocycles. The highest BCUT2D eigenvalue weighted by atomic mass is 127. The van der Waals surface area contributed by atoms with Crippen molar-refractivity contribution in [1.29, 1.82) is 21.6 Å². The fraction of sp³-hybridized carbons (Fsp3) is 0.379. The van der Waals surface area contributed by atoms with Crippen molar-refractivity contribution in [3.8, 4) is 0 Å². The number of carbonyl (C=O) groups excluding carboxylic acids is 7. The summed E-state index contributed by atoms with van der Waals surface area (Å²) < 4.78 is 10.8. The summed E-state index contributed by atoms with van der Waals surface area (Å²) in [4.78, 5) is 110. The Kier molecular flexibility index (Phi) is 40.5. The van der Waals surface area contributed by atoms with Gasteiger partial charge in [-0.05, 0) is 303 Å². The Morgan fingerprint density at radius 2 is 0.640 bits per heavy atom. The second kappa shape index (κ2) is 48.4. The van der Waals surface area contributed by atoms with Gasteiger partial charge in [-0.15, -0.1) is 0 Å². The first-order valence-electron chi connectivity index (χ1n) is 34.3. The molecule has 0 spiro atoms. The van der Waals surface area contributed by atoms with E-state index in [2.05, 4.69) is 276 Å². The van der Waals surface area contributed by atoms with Gasteiger partial charge in [0.15, 0.2) is 29.4 Å². The summed E-state index contributed by atoms with van der Waals surface area (Å²) in [7, 11) is 0. The minimum absolute atomic E-state index is 0.0428. The van der Waals surface area contributed by atoms with E-state index in [1.165, 1.54) is 12.1 Å². The molecule has 0 saturated carbocycles. The number of anilines is 5. The van der Waals surface area contributed by atoms with Crippen LogP contribution in [0.5, 0.6) is 0 Å². The van der Waals surface area contributed by atoms with Crippen LogP contribution in [0.15, 0.2) is 65.3 Å². The summed E-state index contributed by atoms with van der Waals surface area (Å²) in [5.74, 6) is -3.97. The molecular formula is C66H85I8N27O10. The summed E-state index contributed by atoms with van der Waals surface area (Å²) in [5.41, 5.74) is 26.4. The van der Waals surface area contributed by atoms with Crippen LogP contribution in [0.2, 0.25) is 0 Å². The molecule has 1 heterocycles. The molecule has 6 aromatic rings. The van der Waals surface area contributed by atoms with E-state index in [1.54, 1.807) is 48.5 Å². The minimum Gasteiger partial charge on any atom is -0.382 e. The van der Waals surface area contributed by atoms with Crippen LogP contribution >= 0.6 is 181 Å². The summed E-state index contributed by atoms with van der Waals surface area (Å²) in [5, 5.41) is 96.6. The third kappa shape index (κ3) is 31.4. The van der Waals surface area contributed by atoms with Gasteiger partial charge in [0.1, 0.15) is 18.1 Å². The normalized spacial score (nSPS) is 11.6. The maximum absolute atomic E-state index is 14.4. The molecule has 7 amide bonds. The van der Waals surface area contributed by atoms with Crippen LogP contribution in [-0.4, -0.2) is 184 Å². The maximum atomic E-state index is 14.4. The Morgan fingerprint density at radius 1 is 0.369 bits per heavy atom. The Morgan fingerprint density at radius 3 is 0.946 bits per heavy atom. The number of hydrogen-bond acceptors (Lipinski definition) is 21. The number of nitrogens with two attached hydrogens (primary N) is 4. The molecule has 0 bridgehead atoms. The molecule has 0 aliphatic heterocycles. The lowest BCUT2D eigenvalue weighted by atomic mass is 10.1. The van der Waals surface area contributed by atoms with Crippen molar-refractivity contribution in [3.05, 3.63) is 122 Å².